The van der Waals surface area contributed by atoms with Gasteiger partial charge in [-0.1, -0.05) is 11.6 Å². The fourth-order valence-corrected chi connectivity index (χ4v) is 2.73. The first-order valence-electron chi connectivity index (χ1n) is 5.68. The number of hydrogen-bond donors (Lipinski definition) is 1. The fourth-order valence-electron chi connectivity index (χ4n) is 1.86. The topological polar surface area (TPSA) is 38.0 Å². The Balaban J connectivity index is 2.06. The summed E-state index contributed by atoms with van der Waals surface area (Å²) < 4.78 is 2.87. The maximum Gasteiger partial charge on any atom is 0.0804 e. The number of nitrogens with zero attached hydrogens (tertiary/aromatic N) is 2. The number of aryl methyl sites for hydroxylation is 2. The van der Waals surface area contributed by atoms with E-state index in [0.717, 1.165) is 21.2 Å². The third kappa shape index (κ3) is 3.24. The maximum atomic E-state index is 10.2. The van der Waals surface area contributed by atoms with Crippen LogP contribution < -0.4 is 0 Å². The SMILES string of the molecule is Cn1nccc1CCC(O)c1cc(Cl)ccc1I. The van der Waals surface area contributed by atoms with Gasteiger partial charge in [0.1, 0.15) is 0 Å². The van der Waals surface area contributed by atoms with Crippen molar-refractivity contribution >= 4 is 34.2 Å². The molecular weight excluding hydrogens is 363 g/mol. The van der Waals surface area contributed by atoms with E-state index in [-0.39, 0.29) is 0 Å². The minimum absolute atomic E-state index is 0.495. The molecule has 2 rings (SSSR count). The average Bonchev–Trinajstić information content (AvgIpc) is 2.75. The van der Waals surface area contributed by atoms with Crippen LogP contribution in [0.15, 0.2) is 30.5 Å². The van der Waals surface area contributed by atoms with Gasteiger partial charge in [-0.25, -0.2) is 0 Å². The molecule has 1 unspecified atom stereocenters. The number of halogens is 2. The van der Waals surface area contributed by atoms with Crippen molar-refractivity contribution in [3.63, 3.8) is 0 Å². The largest absolute Gasteiger partial charge is 0.388 e. The molecule has 0 aliphatic carbocycles. The van der Waals surface area contributed by atoms with Gasteiger partial charge in [-0.05, 0) is 65.3 Å². The molecule has 5 heteroatoms. The molecule has 1 N–H and O–H groups in total. The predicted octanol–water partition coefficient (Wildman–Crippen LogP) is 3.34. The quantitative estimate of drug-likeness (QED) is 0.831. The smallest absolute Gasteiger partial charge is 0.0804 e. The average molecular weight is 377 g/mol. The highest BCUT2D eigenvalue weighted by atomic mass is 127. The minimum Gasteiger partial charge on any atom is -0.388 e. The molecule has 1 aromatic heterocycles. The number of benzene rings is 1. The van der Waals surface area contributed by atoms with Gasteiger partial charge in [0, 0.05) is 27.5 Å². The molecule has 1 atom stereocenters. The molecule has 0 saturated heterocycles. The molecule has 3 nitrogen and oxygen atoms in total. The molecule has 18 heavy (non-hydrogen) atoms. The summed E-state index contributed by atoms with van der Waals surface area (Å²) in [5, 5.41) is 15.0. The predicted molar refractivity (Wildman–Crippen MR) is 80.7 cm³/mol. The molecule has 96 valence electrons. The molecule has 0 radical (unpaired) electrons. The van der Waals surface area contributed by atoms with Crippen molar-refractivity contribution < 1.29 is 5.11 Å². The number of rotatable bonds is 4. The van der Waals surface area contributed by atoms with Gasteiger partial charge >= 0.3 is 0 Å². The Morgan fingerprint density at radius 1 is 1.44 bits per heavy atom. The zero-order chi connectivity index (χ0) is 13.1. The van der Waals surface area contributed by atoms with Crippen LogP contribution in [-0.2, 0) is 13.5 Å². The highest BCUT2D eigenvalue weighted by Crippen LogP contribution is 2.26. The summed E-state index contributed by atoms with van der Waals surface area (Å²) in [7, 11) is 1.91. The van der Waals surface area contributed by atoms with Crippen LogP contribution in [0.5, 0.6) is 0 Å². The van der Waals surface area contributed by atoms with Crippen molar-refractivity contribution in [3.8, 4) is 0 Å². The van der Waals surface area contributed by atoms with E-state index in [9.17, 15) is 5.11 Å². The zero-order valence-corrected chi connectivity index (χ0v) is 12.9. The second kappa shape index (κ2) is 6.04. The van der Waals surface area contributed by atoms with E-state index in [1.807, 2.05) is 36.0 Å². The molecule has 0 aliphatic heterocycles. The van der Waals surface area contributed by atoms with Crippen LogP contribution in [0.4, 0.5) is 0 Å². The van der Waals surface area contributed by atoms with Crippen molar-refractivity contribution in [3.05, 3.63) is 50.3 Å². The third-order valence-electron chi connectivity index (χ3n) is 2.91. The Labute approximate surface area is 125 Å². The van der Waals surface area contributed by atoms with E-state index < -0.39 is 6.10 Å². The first kappa shape index (κ1) is 13.8. The second-order valence-electron chi connectivity index (χ2n) is 4.17. The monoisotopic (exact) mass is 376 g/mol. The van der Waals surface area contributed by atoms with Crippen molar-refractivity contribution in [2.75, 3.05) is 0 Å². The standard InChI is InChI=1S/C13H14ClIN2O/c1-17-10(6-7-16-17)3-5-13(18)11-8-9(14)2-4-12(11)15/h2,4,6-8,13,18H,3,5H2,1H3. The molecule has 0 fully saturated rings. The van der Waals surface area contributed by atoms with Gasteiger partial charge in [0.2, 0.25) is 0 Å². The molecule has 0 amide bonds. The Hall–Kier alpha value is -0.590. The Kier molecular flexibility index (Phi) is 4.64. The lowest BCUT2D eigenvalue weighted by Gasteiger charge is -2.13. The van der Waals surface area contributed by atoms with E-state index in [1.165, 1.54) is 0 Å². The number of hydrogen-bond acceptors (Lipinski definition) is 2. The van der Waals surface area contributed by atoms with Gasteiger partial charge in [-0.2, -0.15) is 5.10 Å². The lowest BCUT2D eigenvalue weighted by atomic mass is 10.0. The van der Waals surface area contributed by atoms with E-state index >= 15 is 0 Å². The van der Waals surface area contributed by atoms with Gasteiger partial charge in [0.25, 0.3) is 0 Å². The van der Waals surface area contributed by atoms with Crippen LogP contribution >= 0.6 is 34.2 Å². The summed E-state index contributed by atoms with van der Waals surface area (Å²) in [6, 6.07) is 7.55. The van der Waals surface area contributed by atoms with Gasteiger partial charge in [0.15, 0.2) is 0 Å². The number of aliphatic hydroxyl groups excluding tert-OH is 1. The minimum atomic E-state index is -0.495. The summed E-state index contributed by atoms with van der Waals surface area (Å²) in [5.41, 5.74) is 2.01. The van der Waals surface area contributed by atoms with Gasteiger partial charge < -0.3 is 5.11 Å². The number of aliphatic hydroxyl groups is 1. The summed E-state index contributed by atoms with van der Waals surface area (Å²) in [5.74, 6) is 0. The van der Waals surface area contributed by atoms with Crippen LogP contribution in [0.3, 0.4) is 0 Å². The van der Waals surface area contributed by atoms with Gasteiger partial charge in [0.05, 0.1) is 6.10 Å². The second-order valence-corrected chi connectivity index (χ2v) is 5.77. The summed E-state index contributed by atoms with van der Waals surface area (Å²) in [6.07, 6.45) is 2.73. The molecule has 1 aromatic carbocycles. The van der Waals surface area contributed by atoms with Crippen LogP contribution in [-0.4, -0.2) is 14.9 Å². The molecule has 0 bridgehead atoms. The third-order valence-corrected chi connectivity index (χ3v) is 4.13. The lowest BCUT2D eigenvalue weighted by Crippen LogP contribution is -2.05. The van der Waals surface area contributed by atoms with E-state index in [1.54, 1.807) is 6.20 Å². The first-order valence-corrected chi connectivity index (χ1v) is 7.13. The van der Waals surface area contributed by atoms with Crippen LogP contribution in [0.2, 0.25) is 5.02 Å². The number of aromatic nitrogens is 2. The zero-order valence-electron chi connectivity index (χ0n) is 9.98. The van der Waals surface area contributed by atoms with E-state index in [2.05, 4.69) is 27.7 Å². The van der Waals surface area contributed by atoms with Crippen LogP contribution in [0.25, 0.3) is 0 Å². The van der Waals surface area contributed by atoms with Gasteiger partial charge in [-0.15, -0.1) is 0 Å². The normalized spacial score (nSPS) is 12.7. The highest BCUT2D eigenvalue weighted by Gasteiger charge is 2.12. The van der Waals surface area contributed by atoms with E-state index in [4.69, 9.17) is 11.6 Å². The van der Waals surface area contributed by atoms with Crippen molar-refractivity contribution in [1.29, 1.82) is 0 Å². The molecule has 0 spiro atoms. The summed E-state index contributed by atoms with van der Waals surface area (Å²) in [4.78, 5) is 0. The molecule has 0 saturated carbocycles. The Bertz CT molecular complexity index is 542. The van der Waals surface area contributed by atoms with Gasteiger partial charge in [-0.3, -0.25) is 4.68 Å². The summed E-state index contributed by atoms with van der Waals surface area (Å²) >= 11 is 8.17. The lowest BCUT2D eigenvalue weighted by molar-refractivity contribution is 0.166. The van der Waals surface area contributed by atoms with Crippen LogP contribution in [0.1, 0.15) is 23.8 Å². The molecule has 0 aliphatic rings. The molecule has 1 heterocycles. The van der Waals surface area contributed by atoms with Crippen LogP contribution in [0, 0.1) is 3.57 Å². The molecule has 2 aromatic rings. The first-order chi connectivity index (χ1) is 8.58. The van der Waals surface area contributed by atoms with Crippen molar-refractivity contribution in [2.24, 2.45) is 7.05 Å². The van der Waals surface area contributed by atoms with Crippen molar-refractivity contribution in [1.82, 2.24) is 9.78 Å². The molecular formula is C13H14ClIN2O. The summed E-state index contributed by atoms with van der Waals surface area (Å²) in [6.45, 7) is 0. The Morgan fingerprint density at radius 2 is 2.22 bits per heavy atom. The highest BCUT2D eigenvalue weighted by molar-refractivity contribution is 14.1. The maximum absolute atomic E-state index is 10.2. The van der Waals surface area contributed by atoms with E-state index in [0.29, 0.717) is 11.4 Å². The fraction of sp³-hybridized carbons (Fsp3) is 0.308. The van der Waals surface area contributed by atoms with Crippen molar-refractivity contribution in [2.45, 2.75) is 18.9 Å². The Morgan fingerprint density at radius 3 is 2.89 bits per heavy atom.